The minimum absolute atomic E-state index is 0.0455. The van der Waals surface area contributed by atoms with E-state index in [4.69, 9.17) is 10.5 Å². The minimum atomic E-state index is -0.752. The summed E-state index contributed by atoms with van der Waals surface area (Å²) >= 11 is 0. The zero-order chi connectivity index (χ0) is 12.1. The van der Waals surface area contributed by atoms with Crippen LogP contribution >= 0.6 is 0 Å². The highest BCUT2D eigenvalue weighted by Gasteiger charge is 2.22. The van der Waals surface area contributed by atoms with Crippen molar-refractivity contribution in [3.8, 4) is 12.1 Å². The van der Waals surface area contributed by atoms with Crippen molar-refractivity contribution in [2.45, 2.75) is 6.42 Å². The molecule has 6 heteroatoms. The first-order valence-electron chi connectivity index (χ1n) is 4.18. The second kappa shape index (κ2) is 4.67. The predicted molar refractivity (Wildman–Crippen MR) is 52.5 cm³/mol. The Morgan fingerprint density at radius 1 is 1.44 bits per heavy atom. The zero-order valence-electron chi connectivity index (χ0n) is 8.01. The van der Waals surface area contributed by atoms with E-state index in [2.05, 4.69) is 0 Å². The highest BCUT2D eigenvalue weighted by Crippen LogP contribution is 2.26. The topological polar surface area (TPSA) is 108 Å². The summed E-state index contributed by atoms with van der Waals surface area (Å²) < 4.78 is 0. The average Bonchev–Trinajstić information content (AvgIpc) is 2.28. The number of nitrogens with zero attached hydrogens (tertiary/aromatic N) is 3. The van der Waals surface area contributed by atoms with E-state index in [9.17, 15) is 14.9 Å². The summed E-state index contributed by atoms with van der Waals surface area (Å²) in [6.45, 7) is 0. The summed E-state index contributed by atoms with van der Waals surface area (Å²) in [6, 6.07) is 5.99. The van der Waals surface area contributed by atoms with Crippen LogP contribution in [0.2, 0.25) is 0 Å². The number of nitro groups is 1. The first-order valence-corrected chi connectivity index (χ1v) is 4.18. The van der Waals surface area contributed by atoms with Gasteiger partial charge in [-0.1, -0.05) is 6.07 Å². The molecule has 0 heterocycles. The van der Waals surface area contributed by atoms with Crippen LogP contribution in [0.15, 0.2) is 12.1 Å². The van der Waals surface area contributed by atoms with E-state index in [1.807, 2.05) is 0 Å². The van der Waals surface area contributed by atoms with E-state index < -0.39 is 10.6 Å². The molecule has 6 nitrogen and oxygen atoms in total. The van der Waals surface area contributed by atoms with Crippen LogP contribution in [-0.4, -0.2) is 11.2 Å². The van der Waals surface area contributed by atoms with Gasteiger partial charge in [0.15, 0.2) is 6.29 Å². The van der Waals surface area contributed by atoms with Crippen molar-refractivity contribution < 1.29 is 9.72 Å². The number of rotatable bonds is 3. The van der Waals surface area contributed by atoms with Crippen molar-refractivity contribution in [2.24, 2.45) is 0 Å². The van der Waals surface area contributed by atoms with Gasteiger partial charge in [-0.3, -0.25) is 14.9 Å². The maximum Gasteiger partial charge on any atom is 0.292 e. The predicted octanol–water partition coefficient (Wildman–Crippen LogP) is 1.35. The summed E-state index contributed by atoms with van der Waals surface area (Å²) in [5.41, 5.74) is -0.674. The van der Waals surface area contributed by atoms with Gasteiger partial charge in [0.2, 0.25) is 0 Å². The van der Waals surface area contributed by atoms with Gasteiger partial charge in [0.25, 0.3) is 5.69 Å². The Bertz CT molecular complexity index is 537. The summed E-state index contributed by atoms with van der Waals surface area (Å²) in [4.78, 5) is 20.6. The third-order valence-electron chi connectivity index (χ3n) is 1.98. The molecule has 0 unspecified atom stereocenters. The number of nitriles is 2. The highest BCUT2D eigenvalue weighted by molar-refractivity contribution is 5.82. The lowest BCUT2D eigenvalue weighted by Crippen LogP contribution is -2.01. The fraction of sp³-hybridized carbons (Fsp3) is 0.100. The molecule has 0 spiro atoms. The molecule has 0 atom stereocenters. The van der Waals surface area contributed by atoms with E-state index in [0.717, 1.165) is 0 Å². The quantitative estimate of drug-likeness (QED) is 0.429. The Hall–Kier alpha value is -2.73. The molecule has 1 aromatic carbocycles. The summed E-state index contributed by atoms with van der Waals surface area (Å²) in [6.07, 6.45) is 0.200. The Kier molecular flexibility index (Phi) is 3.31. The third kappa shape index (κ3) is 1.86. The average molecular weight is 215 g/mol. The van der Waals surface area contributed by atoms with Crippen LogP contribution in [0.1, 0.15) is 21.5 Å². The van der Waals surface area contributed by atoms with Crippen molar-refractivity contribution in [1.82, 2.24) is 0 Å². The first kappa shape index (κ1) is 11.3. The maximum atomic E-state index is 10.8. The van der Waals surface area contributed by atoms with Crippen LogP contribution in [0.4, 0.5) is 5.69 Å². The molecule has 0 aliphatic rings. The Labute approximate surface area is 90.5 Å². The lowest BCUT2D eigenvalue weighted by molar-refractivity contribution is -0.385. The lowest BCUT2D eigenvalue weighted by atomic mass is 10.0. The van der Waals surface area contributed by atoms with Gasteiger partial charge in [0.05, 0.1) is 17.4 Å². The smallest absolute Gasteiger partial charge is 0.292 e. The number of nitro benzene ring substituents is 1. The molecular weight excluding hydrogens is 210 g/mol. The summed E-state index contributed by atoms with van der Waals surface area (Å²) in [5.74, 6) is 0. The number of carbonyl (C=O) groups is 1. The lowest BCUT2D eigenvalue weighted by Gasteiger charge is -2.02. The van der Waals surface area contributed by atoms with Crippen molar-refractivity contribution in [2.75, 3.05) is 0 Å². The van der Waals surface area contributed by atoms with Gasteiger partial charge in [-0.15, -0.1) is 0 Å². The van der Waals surface area contributed by atoms with Crippen molar-refractivity contribution in [3.63, 3.8) is 0 Å². The normalized spacial score (nSPS) is 8.88. The molecule has 1 rings (SSSR count). The fourth-order valence-corrected chi connectivity index (χ4v) is 1.30. The third-order valence-corrected chi connectivity index (χ3v) is 1.98. The van der Waals surface area contributed by atoms with Crippen LogP contribution in [0.25, 0.3) is 0 Å². The SMILES string of the molecule is N#CCc1ccc(C=O)c(C#N)c1[N+](=O)[O-]. The second-order valence-electron chi connectivity index (χ2n) is 2.86. The van der Waals surface area contributed by atoms with Crippen molar-refractivity contribution >= 4 is 12.0 Å². The Balaban J connectivity index is 3.59. The van der Waals surface area contributed by atoms with Gasteiger partial charge in [0.1, 0.15) is 11.6 Å². The summed E-state index contributed by atoms with van der Waals surface area (Å²) in [7, 11) is 0. The molecule has 0 radical (unpaired) electrons. The van der Waals surface area contributed by atoms with Gasteiger partial charge in [-0.25, -0.2) is 0 Å². The maximum absolute atomic E-state index is 10.8. The van der Waals surface area contributed by atoms with E-state index in [1.165, 1.54) is 12.1 Å². The van der Waals surface area contributed by atoms with Crippen LogP contribution in [0.5, 0.6) is 0 Å². The first-order chi connectivity index (χ1) is 7.65. The van der Waals surface area contributed by atoms with Crippen LogP contribution in [-0.2, 0) is 6.42 Å². The molecule has 78 valence electrons. The molecular formula is C10H5N3O3. The number of carbonyl (C=O) groups excluding carboxylic acids is 1. The molecule has 0 aliphatic carbocycles. The van der Waals surface area contributed by atoms with Gasteiger partial charge in [-0.2, -0.15) is 10.5 Å². The molecule has 1 aromatic rings. The van der Waals surface area contributed by atoms with Gasteiger partial charge < -0.3 is 0 Å². The minimum Gasteiger partial charge on any atom is -0.298 e. The van der Waals surface area contributed by atoms with Crippen LogP contribution < -0.4 is 0 Å². The Morgan fingerprint density at radius 2 is 2.12 bits per heavy atom. The molecule has 0 aromatic heterocycles. The van der Waals surface area contributed by atoms with Gasteiger partial charge in [0, 0.05) is 11.1 Å². The zero-order valence-corrected chi connectivity index (χ0v) is 8.01. The molecule has 0 aliphatic heterocycles. The number of hydrogen-bond acceptors (Lipinski definition) is 5. The van der Waals surface area contributed by atoms with Gasteiger partial charge >= 0.3 is 0 Å². The van der Waals surface area contributed by atoms with Crippen LogP contribution in [0.3, 0.4) is 0 Å². The molecule has 0 saturated carbocycles. The van der Waals surface area contributed by atoms with E-state index in [0.29, 0.717) is 6.29 Å². The molecule has 0 amide bonds. The largest absolute Gasteiger partial charge is 0.298 e. The van der Waals surface area contributed by atoms with Crippen molar-refractivity contribution in [3.05, 3.63) is 38.9 Å². The number of hydrogen-bond donors (Lipinski definition) is 0. The van der Waals surface area contributed by atoms with Gasteiger partial charge in [-0.05, 0) is 6.07 Å². The van der Waals surface area contributed by atoms with E-state index in [-0.39, 0.29) is 23.1 Å². The van der Waals surface area contributed by atoms with Crippen molar-refractivity contribution in [1.29, 1.82) is 10.5 Å². The molecule has 0 bridgehead atoms. The van der Waals surface area contributed by atoms with E-state index in [1.54, 1.807) is 12.1 Å². The standard InChI is InChI=1S/C10H5N3O3/c11-4-3-7-1-2-8(6-14)9(5-12)10(7)13(15)16/h1-2,6H,3H2. The molecule has 0 fully saturated rings. The number of benzene rings is 1. The monoisotopic (exact) mass is 215 g/mol. The molecule has 16 heavy (non-hydrogen) atoms. The number of aldehydes is 1. The highest BCUT2D eigenvalue weighted by atomic mass is 16.6. The Morgan fingerprint density at radius 3 is 2.56 bits per heavy atom. The van der Waals surface area contributed by atoms with E-state index >= 15 is 0 Å². The second-order valence-corrected chi connectivity index (χ2v) is 2.86. The fourth-order valence-electron chi connectivity index (χ4n) is 1.30. The molecule has 0 N–H and O–H groups in total. The molecule has 0 saturated heterocycles. The summed E-state index contributed by atoms with van der Waals surface area (Å²) in [5, 5.41) is 28.0. The van der Waals surface area contributed by atoms with Crippen LogP contribution in [0, 0.1) is 32.8 Å².